The van der Waals surface area contributed by atoms with Crippen molar-refractivity contribution < 1.29 is 13.5 Å². The Morgan fingerprint density at radius 3 is 2.96 bits per heavy atom. The van der Waals surface area contributed by atoms with Gasteiger partial charge in [0.2, 0.25) is 0 Å². The monoisotopic (exact) mass is 356 g/mol. The van der Waals surface area contributed by atoms with E-state index in [4.69, 9.17) is 4.74 Å². The largest absolute Gasteiger partial charge is 0.378 e. The first-order valence-electron chi connectivity index (χ1n) is 8.42. The molecule has 0 aliphatic carbocycles. The molecule has 1 aliphatic rings. The molecule has 0 saturated carbocycles. The van der Waals surface area contributed by atoms with Crippen LogP contribution >= 0.6 is 0 Å². The number of nitrogens with one attached hydrogen (secondary N) is 1. The minimum atomic E-state index is -0.618. The van der Waals surface area contributed by atoms with Crippen LogP contribution in [0.1, 0.15) is 17.4 Å². The standard InChI is InChI=1S/C19H18F2N4O/c20-14-3-4-15(16(21)8-14)17-10-23-19(24-17)18-12-26-7-6-25(18)11-13-2-1-5-22-9-13/h1-5,8-10,18H,6-7,11-12H2,(H,23,24). The van der Waals surface area contributed by atoms with Gasteiger partial charge in [0, 0.05) is 37.1 Å². The Morgan fingerprint density at radius 2 is 2.15 bits per heavy atom. The molecule has 7 heteroatoms. The number of hydrogen-bond donors (Lipinski definition) is 1. The molecular formula is C19H18F2N4O. The van der Waals surface area contributed by atoms with Crippen LogP contribution < -0.4 is 0 Å². The van der Waals surface area contributed by atoms with Gasteiger partial charge in [0.25, 0.3) is 0 Å². The summed E-state index contributed by atoms with van der Waals surface area (Å²) in [5.74, 6) is -0.519. The first-order valence-corrected chi connectivity index (χ1v) is 8.42. The number of aromatic nitrogens is 3. The lowest BCUT2D eigenvalue weighted by Gasteiger charge is -2.34. The number of nitrogens with zero attached hydrogens (tertiary/aromatic N) is 3. The number of aromatic amines is 1. The van der Waals surface area contributed by atoms with Crippen molar-refractivity contribution in [2.24, 2.45) is 0 Å². The molecule has 1 aliphatic heterocycles. The summed E-state index contributed by atoms with van der Waals surface area (Å²) in [5, 5.41) is 0. The van der Waals surface area contributed by atoms with Gasteiger partial charge in [-0.05, 0) is 23.8 Å². The van der Waals surface area contributed by atoms with Crippen LogP contribution in [0, 0.1) is 11.6 Å². The van der Waals surface area contributed by atoms with Crippen molar-refractivity contribution >= 4 is 0 Å². The van der Waals surface area contributed by atoms with Gasteiger partial charge < -0.3 is 9.72 Å². The molecule has 1 saturated heterocycles. The molecule has 1 N–H and O–H groups in total. The number of imidazole rings is 1. The lowest BCUT2D eigenvalue weighted by molar-refractivity contribution is -0.0156. The highest BCUT2D eigenvalue weighted by molar-refractivity contribution is 5.59. The third-order valence-electron chi connectivity index (χ3n) is 4.48. The molecule has 26 heavy (non-hydrogen) atoms. The predicted octanol–water partition coefficient (Wildman–Crippen LogP) is 3.32. The lowest BCUT2D eigenvalue weighted by Crippen LogP contribution is -2.39. The van der Waals surface area contributed by atoms with Crippen molar-refractivity contribution in [3.05, 3.63) is 71.9 Å². The number of morpholine rings is 1. The SMILES string of the molecule is Fc1ccc(-c2cnc(C3COCCN3Cc3cccnc3)[nH]2)c(F)c1. The number of benzene rings is 1. The average Bonchev–Trinajstić information content (AvgIpc) is 3.13. The Labute approximate surface area is 149 Å². The van der Waals surface area contributed by atoms with Crippen LogP contribution in [0.2, 0.25) is 0 Å². The molecule has 0 spiro atoms. The van der Waals surface area contributed by atoms with Crippen LogP contribution in [0.4, 0.5) is 8.78 Å². The minimum Gasteiger partial charge on any atom is -0.378 e. The molecule has 0 radical (unpaired) electrons. The van der Waals surface area contributed by atoms with Crippen molar-refractivity contribution in [1.29, 1.82) is 0 Å². The van der Waals surface area contributed by atoms with E-state index in [9.17, 15) is 8.78 Å². The first kappa shape index (κ1) is 16.8. The van der Waals surface area contributed by atoms with E-state index in [1.54, 1.807) is 12.4 Å². The molecule has 5 nitrogen and oxygen atoms in total. The molecule has 1 aromatic carbocycles. The number of halogens is 2. The fourth-order valence-corrected chi connectivity index (χ4v) is 3.16. The van der Waals surface area contributed by atoms with E-state index in [2.05, 4.69) is 19.9 Å². The Kier molecular flexibility index (Phi) is 4.73. The maximum absolute atomic E-state index is 14.0. The minimum absolute atomic E-state index is 0.0683. The molecular weight excluding hydrogens is 338 g/mol. The van der Waals surface area contributed by atoms with Gasteiger partial charge in [-0.3, -0.25) is 9.88 Å². The van der Waals surface area contributed by atoms with E-state index in [0.29, 0.717) is 30.3 Å². The molecule has 2 aromatic heterocycles. The van der Waals surface area contributed by atoms with Gasteiger partial charge in [-0.15, -0.1) is 0 Å². The van der Waals surface area contributed by atoms with Crippen LogP contribution in [-0.4, -0.2) is 39.6 Å². The molecule has 1 fully saturated rings. The van der Waals surface area contributed by atoms with E-state index in [1.807, 2.05) is 18.3 Å². The molecule has 134 valence electrons. The fourth-order valence-electron chi connectivity index (χ4n) is 3.16. The van der Waals surface area contributed by atoms with Crippen LogP contribution in [0.25, 0.3) is 11.3 Å². The zero-order chi connectivity index (χ0) is 17.9. The zero-order valence-corrected chi connectivity index (χ0v) is 14.0. The molecule has 1 unspecified atom stereocenters. The molecule has 1 atom stereocenters. The van der Waals surface area contributed by atoms with Crippen LogP contribution in [0.3, 0.4) is 0 Å². The topological polar surface area (TPSA) is 54.0 Å². The smallest absolute Gasteiger partial charge is 0.135 e. The predicted molar refractivity (Wildman–Crippen MR) is 92.1 cm³/mol. The number of H-pyrrole nitrogens is 1. The van der Waals surface area contributed by atoms with Crippen molar-refractivity contribution in [2.45, 2.75) is 12.6 Å². The number of hydrogen-bond acceptors (Lipinski definition) is 4. The first-order chi connectivity index (χ1) is 12.7. The maximum Gasteiger partial charge on any atom is 0.135 e. The molecule has 0 bridgehead atoms. The third kappa shape index (κ3) is 3.49. The van der Waals surface area contributed by atoms with E-state index in [0.717, 1.165) is 24.7 Å². The van der Waals surface area contributed by atoms with Gasteiger partial charge in [0.15, 0.2) is 0 Å². The van der Waals surface area contributed by atoms with Crippen molar-refractivity contribution in [3.8, 4) is 11.3 Å². The van der Waals surface area contributed by atoms with Crippen LogP contribution in [-0.2, 0) is 11.3 Å². The van der Waals surface area contributed by atoms with E-state index in [1.165, 1.54) is 12.1 Å². The summed E-state index contributed by atoms with van der Waals surface area (Å²) in [4.78, 5) is 14.0. The zero-order valence-electron chi connectivity index (χ0n) is 14.0. The summed E-state index contributed by atoms with van der Waals surface area (Å²) in [7, 11) is 0. The molecule has 0 amide bonds. The molecule has 3 aromatic rings. The second kappa shape index (κ2) is 7.31. The van der Waals surface area contributed by atoms with Crippen LogP contribution in [0.15, 0.2) is 48.9 Å². The Balaban J connectivity index is 1.58. The highest BCUT2D eigenvalue weighted by atomic mass is 19.1. The lowest BCUT2D eigenvalue weighted by atomic mass is 10.1. The van der Waals surface area contributed by atoms with Gasteiger partial charge in [0.1, 0.15) is 17.5 Å². The number of pyridine rings is 1. The quantitative estimate of drug-likeness (QED) is 0.779. The molecule has 3 heterocycles. The van der Waals surface area contributed by atoms with Gasteiger partial charge in [-0.2, -0.15) is 0 Å². The van der Waals surface area contributed by atoms with Crippen LogP contribution in [0.5, 0.6) is 0 Å². The van der Waals surface area contributed by atoms with Crippen molar-refractivity contribution in [1.82, 2.24) is 19.9 Å². The summed E-state index contributed by atoms with van der Waals surface area (Å²) >= 11 is 0. The van der Waals surface area contributed by atoms with Gasteiger partial charge in [-0.1, -0.05) is 6.07 Å². The summed E-state index contributed by atoms with van der Waals surface area (Å²) in [6.45, 7) is 2.64. The molecule has 4 rings (SSSR count). The van der Waals surface area contributed by atoms with E-state index >= 15 is 0 Å². The van der Waals surface area contributed by atoms with Gasteiger partial charge in [-0.25, -0.2) is 13.8 Å². The van der Waals surface area contributed by atoms with E-state index in [-0.39, 0.29) is 6.04 Å². The number of rotatable bonds is 4. The second-order valence-corrected chi connectivity index (χ2v) is 6.23. The summed E-state index contributed by atoms with van der Waals surface area (Å²) in [6.07, 6.45) is 5.16. The second-order valence-electron chi connectivity index (χ2n) is 6.23. The van der Waals surface area contributed by atoms with Crippen molar-refractivity contribution in [3.63, 3.8) is 0 Å². The summed E-state index contributed by atoms with van der Waals surface area (Å²) in [6, 6.07) is 7.38. The maximum atomic E-state index is 14.0. The van der Waals surface area contributed by atoms with E-state index < -0.39 is 11.6 Å². The Hall–Kier alpha value is -2.64. The number of ether oxygens (including phenoxy) is 1. The third-order valence-corrected chi connectivity index (χ3v) is 4.48. The summed E-state index contributed by atoms with van der Waals surface area (Å²) in [5.41, 5.74) is 1.92. The average molecular weight is 356 g/mol. The highest BCUT2D eigenvalue weighted by Crippen LogP contribution is 2.27. The fraction of sp³-hybridized carbons (Fsp3) is 0.263. The Bertz CT molecular complexity index is 884. The van der Waals surface area contributed by atoms with Gasteiger partial charge in [0.05, 0.1) is 31.1 Å². The summed E-state index contributed by atoms with van der Waals surface area (Å²) < 4.78 is 32.8. The van der Waals surface area contributed by atoms with Crippen molar-refractivity contribution in [2.75, 3.05) is 19.8 Å². The normalized spacial score (nSPS) is 18.2. The highest BCUT2D eigenvalue weighted by Gasteiger charge is 2.27. The Morgan fingerprint density at radius 1 is 1.23 bits per heavy atom. The van der Waals surface area contributed by atoms with Gasteiger partial charge >= 0.3 is 0 Å².